The van der Waals surface area contributed by atoms with E-state index in [1.54, 1.807) is 13.0 Å². The fourth-order valence-electron chi connectivity index (χ4n) is 3.26. The van der Waals surface area contributed by atoms with Gasteiger partial charge in [0.2, 0.25) is 0 Å². The zero-order chi connectivity index (χ0) is 17.4. The van der Waals surface area contributed by atoms with Gasteiger partial charge in [-0.2, -0.15) is 0 Å². The molecule has 23 heavy (non-hydrogen) atoms. The minimum atomic E-state index is -1.84. The molecule has 0 spiro atoms. The summed E-state index contributed by atoms with van der Waals surface area (Å²) in [6, 6.07) is 2.70. The van der Waals surface area contributed by atoms with Crippen LogP contribution in [0.5, 0.6) is 0 Å². The Morgan fingerprint density at radius 1 is 1.61 bits per heavy atom. The highest BCUT2D eigenvalue weighted by atomic mass is 79.9. The molecule has 0 bridgehead atoms. The van der Waals surface area contributed by atoms with Crippen LogP contribution >= 0.6 is 15.9 Å². The number of nitrogens with zero attached hydrogens (tertiary/aromatic N) is 2. The molecule has 0 aliphatic carbocycles. The number of hydrogen-bond donors (Lipinski definition) is 2. The molecule has 7 nitrogen and oxygen atoms in total. The first-order chi connectivity index (χ1) is 10.7. The lowest BCUT2D eigenvalue weighted by molar-refractivity contribution is -0.576. The predicted octanol–water partition coefficient (Wildman–Crippen LogP) is 2.28. The van der Waals surface area contributed by atoms with Gasteiger partial charge in [0.05, 0.1) is 4.47 Å². The van der Waals surface area contributed by atoms with Gasteiger partial charge in [0, 0.05) is 23.8 Å². The van der Waals surface area contributed by atoms with E-state index in [1.807, 2.05) is 0 Å². The number of carbonyl (C=O) groups is 1. The van der Waals surface area contributed by atoms with Crippen LogP contribution in [-0.2, 0) is 6.42 Å². The quantitative estimate of drug-likeness (QED) is 0.606. The second-order valence-corrected chi connectivity index (χ2v) is 6.55. The van der Waals surface area contributed by atoms with Crippen LogP contribution in [0.3, 0.4) is 0 Å². The molecular weight excluding hydrogens is 375 g/mol. The summed E-state index contributed by atoms with van der Waals surface area (Å²) in [5.74, 6) is -0.590. The van der Waals surface area contributed by atoms with Crippen molar-refractivity contribution in [1.82, 2.24) is 4.90 Å². The van der Waals surface area contributed by atoms with E-state index in [0.29, 0.717) is 0 Å². The number of likely N-dealkylation sites (tertiary alicyclic amines) is 1. The number of rotatable bonds is 4. The van der Waals surface area contributed by atoms with Crippen LogP contribution in [0.15, 0.2) is 22.7 Å². The van der Waals surface area contributed by atoms with Gasteiger partial charge in [-0.15, -0.1) is 0 Å². The molecule has 2 rings (SSSR count). The maximum absolute atomic E-state index is 14.2. The fraction of sp³-hybridized carbons (Fsp3) is 0.500. The van der Waals surface area contributed by atoms with E-state index in [4.69, 9.17) is 0 Å². The minimum Gasteiger partial charge on any atom is -0.465 e. The average molecular weight is 391 g/mol. The Morgan fingerprint density at radius 3 is 2.78 bits per heavy atom. The second-order valence-electron chi connectivity index (χ2n) is 5.69. The maximum Gasteiger partial charge on any atom is 0.408 e. The van der Waals surface area contributed by atoms with Crippen molar-refractivity contribution in [2.24, 2.45) is 0 Å². The van der Waals surface area contributed by atoms with Crippen LogP contribution in [0, 0.1) is 15.9 Å². The van der Waals surface area contributed by atoms with Gasteiger partial charge in [-0.1, -0.05) is 12.1 Å². The Hall–Kier alpha value is -1.74. The summed E-state index contributed by atoms with van der Waals surface area (Å²) >= 11 is 3.04. The molecule has 3 atom stereocenters. The number of benzene rings is 1. The fourth-order valence-corrected chi connectivity index (χ4v) is 3.67. The van der Waals surface area contributed by atoms with Crippen molar-refractivity contribution < 1.29 is 24.3 Å². The zero-order valence-electron chi connectivity index (χ0n) is 12.3. The van der Waals surface area contributed by atoms with Crippen LogP contribution in [0.4, 0.5) is 9.18 Å². The van der Waals surface area contributed by atoms with Crippen molar-refractivity contribution in [3.63, 3.8) is 0 Å². The Morgan fingerprint density at radius 2 is 2.26 bits per heavy atom. The van der Waals surface area contributed by atoms with E-state index in [1.165, 1.54) is 12.1 Å². The monoisotopic (exact) mass is 390 g/mol. The zero-order valence-corrected chi connectivity index (χ0v) is 13.9. The third-order valence-corrected chi connectivity index (χ3v) is 5.00. The standard InChI is InChI=1S/C14H16BrFN2O5/c1-8-6-14(7-19,18(22)23)11(17(8)13(20)21)5-9-3-2-4-10(15)12(9)16/h2-4,8,11,19H,5-7H2,1H3,(H,20,21)/t8-,11?,14?/m1/s1. The van der Waals surface area contributed by atoms with Gasteiger partial charge in [-0.25, -0.2) is 9.18 Å². The van der Waals surface area contributed by atoms with Crippen molar-refractivity contribution in [3.05, 3.63) is 44.2 Å². The number of amides is 1. The molecule has 1 aromatic rings. The molecule has 2 unspecified atom stereocenters. The highest BCUT2D eigenvalue weighted by Gasteiger charge is 2.61. The normalized spacial score (nSPS) is 27.2. The summed E-state index contributed by atoms with van der Waals surface area (Å²) in [5, 5.41) is 30.5. The van der Waals surface area contributed by atoms with E-state index in [0.717, 1.165) is 4.90 Å². The first-order valence-electron chi connectivity index (χ1n) is 6.94. The molecular formula is C14H16BrFN2O5. The third kappa shape index (κ3) is 2.90. The Balaban J connectivity index is 2.49. The molecule has 9 heteroatoms. The van der Waals surface area contributed by atoms with Gasteiger partial charge in [0.15, 0.2) is 0 Å². The lowest BCUT2D eigenvalue weighted by Crippen LogP contribution is -2.55. The van der Waals surface area contributed by atoms with Gasteiger partial charge >= 0.3 is 6.09 Å². The molecule has 0 aromatic heterocycles. The molecule has 0 radical (unpaired) electrons. The summed E-state index contributed by atoms with van der Waals surface area (Å²) in [4.78, 5) is 23.4. The number of hydrogen-bond acceptors (Lipinski definition) is 4. The van der Waals surface area contributed by atoms with Crippen LogP contribution in [0.25, 0.3) is 0 Å². The molecule has 1 aliphatic heterocycles. The summed E-state index contributed by atoms with van der Waals surface area (Å²) in [6.07, 6.45) is -1.64. The summed E-state index contributed by atoms with van der Waals surface area (Å²) in [5.41, 5.74) is -1.68. The summed E-state index contributed by atoms with van der Waals surface area (Å²) < 4.78 is 14.4. The first kappa shape index (κ1) is 17.6. The van der Waals surface area contributed by atoms with E-state index in [2.05, 4.69) is 15.9 Å². The molecule has 1 aliphatic rings. The molecule has 126 valence electrons. The van der Waals surface area contributed by atoms with E-state index >= 15 is 0 Å². The number of nitro groups is 1. The van der Waals surface area contributed by atoms with E-state index in [-0.39, 0.29) is 22.9 Å². The number of aliphatic hydroxyl groups excluding tert-OH is 1. The maximum atomic E-state index is 14.2. The second kappa shape index (κ2) is 6.40. The van der Waals surface area contributed by atoms with Crippen molar-refractivity contribution in [1.29, 1.82) is 0 Å². The van der Waals surface area contributed by atoms with Crippen molar-refractivity contribution in [2.45, 2.75) is 37.4 Å². The Kier molecular flexibility index (Phi) is 4.90. The number of carboxylic acid groups (broad SMARTS) is 1. The first-order valence-corrected chi connectivity index (χ1v) is 7.73. The Bertz CT molecular complexity index is 644. The smallest absolute Gasteiger partial charge is 0.408 e. The largest absolute Gasteiger partial charge is 0.465 e. The number of aliphatic hydroxyl groups is 1. The van der Waals surface area contributed by atoms with Crippen LogP contribution in [0.2, 0.25) is 0 Å². The number of halogens is 2. The predicted molar refractivity (Wildman–Crippen MR) is 82.3 cm³/mol. The SMILES string of the molecule is C[C@@H]1CC(CO)([N+](=O)[O-])C(Cc2cccc(Br)c2F)N1C(=O)O. The average Bonchev–Trinajstić information content (AvgIpc) is 2.77. The van der Waals surface area contributed by atoms with Gasteiger partial charge < -0.3 is 10.2 Å². The molecule has 1 saturated heterocycles. The van der Waals surface area contributed by atoms with Crippen molar-refractivity contribution in [3.8, 4) is 0 Å². The molecule has 0 saturated carbocycles. The summed E-state index contributed by atoms with van der Waals surface area (Å²) in [6.45, 7) is 0.730. The van der Waals surface area contributed by atoms with E-state index < -0.39 is 41.1 Å². The lowest BCUT2D eigenvalue weighted by Gasteiger charge is -2.30. The topological polar surface area (TPSA) is 104 Å². The molecule has 1 aromatic carbocycles. The van der Waals surface area contributed by atoms with Crippen LogP contribution in [0.1, 0.15) is 18.9 Å². The van der Waals surface area contributed by atoms with Crippen molar-refractivity contribution in [2.75, 3.05) is 6.61 Å². The molecule has 1 heterocycles. The van der Waals surface area contributed by atoms with Gasteiger partial charge in [-0.05, 0) is 34.5 Å². The highest BCUT2D eigenvalue weighted by Crippen LogP contribution is 2.38. The van der Waals surface area contributed by atoms with Crippen LogP contribution in [-0.4, -0.2) is 50.4 Å². The Labute approximate surface area is 140 Å². The van der Waals surface area contributed by atoms with Crippen molar-refractivity contribution >= 4 is 22.0 Å². The van der Waals surface area contributed by atoms with Gasteiger partial charge in [-0.3, -0.25) is 15.0 Å². The highest BCUT2D eigenvalue weighted by molar-refractivity contribution is 9.10. The third-order valence-electron chi connectivity index (χ3n) is 4.38. The molecule has 2 N–H and O–H groups in total. The molecule has 1 fully saturated rings. The van der Waals surface area contributed by atoms with Gasteiger partial charge in [0.25, 0.3) is 5.54 Å². The molecule has 1 amide bonds. The minimum absolute atomic E-state index is 0.122. The summed E-state index contributed by atoms with van der Waals surface area (Å²) in [7, 11) is 0. The lowest BCUT2D eigenvalue weighted by atomic mass is 9.86. The van der Waals surface area contributed by atoms with E-state index in [9.17, 15) is 29.5 Å². The van der Waals surface area contributed by atoms with Gasteiger partial charge in [0.1, 0.15) is 18.5 Å². The van der Waals surface area contributed by atoms with Crippen LogP contribution < -0.4 is 0 Å².